The number of benzene rings is 1. The Bertz CT molecular complexity index is 1070. The first kappa shape index (κ1) is 25.6. The summed E-state index contributed by atoms with van der Waals surface area (Å²) < 4.78 is 0. The second-order valence-electron chi connectivity index (χ2n) is 8.61. The molecular formula is C24H31N5O4S. The van der Waals surface area contributed by atoms with Crippen LogP contribution in [0.1, 0.15) is 38.7 Å². The number of ketones is 1. The zero-order valence-electron chi connectivity index (χ0n) is 19.4. The third-order valence-corrected chi connectivity index (χ3v) is 6.65. The molecular weight excluding hydrogens is 454 g/mol. The molecule has 0 aliphatic carbocycles. The summed E-state index contributed by atoms with van der Waals surface area (Å²) in [7, 11) is 0. The van der Waals surface area contributed by atoms with Crippen molar-refractivity contribution in [1.82, 2.24) is 20.9 Å². The Balaban J connectivity index is 1.80. The maximum Gasteiger partial charge on any atom is 0.238 e. The van der Waals surface area contributed by atoms with Crippen molar-refractivity contribution < 1.29 is 19.2 Å². The van der Waals surface area contributed by atoms with Gasteiger partial charge in [-0.3, -0.25) is 24.5 Å². The van der Waals surface area contributed by atoms with E-state index in [0.717, 1.165) is 34.4 Å². The molecule has 0 spiro atoms. The molecule has 0 radical (unpaired) electrons. The Labute approximate surface area is 202 Å². The molecule has 2 aromatic rings. The second-order valence-corrected chi connectivity index (χ2v) is 10.2. The van der Waals surface area contributed by atoms with Gasteiger partial charge in [0, 0.05) is 35.3 Å². The van der Waals surface area contributed by atoms with Crippen molar-refractivity contribution in [2.24, 2.45) is 0 Å². The first-order chi connectivity index (χ1) is 16.3. The van der Waals surface area contributed by atoms with E-state index in [1.165, 1.54) is 0 Å². The van der Waals surface area contributed by atoms with Gasteiger partial charge in [0.25, 0.3) is 0 Å². The lowest BCUT2D eigenvalue weighted by Gasteiger charge is -2.24. The Morgan fingerprint density at radius 2 is 2.00 bits per heavy atom. The fourth-order valence-electron chi connectivity index (χ4n) is 3.94. The van der Waals surface area contributed by atoms with Crippen LogP contribution < -0.4 is 16.0 Å². The van der Waals surface area contributed by atoms with Gasteiger partial charge in [-0.2, -0.15) is 0 Å². The lowest BCUT2D eigenvalue weighted by molar-refractivity contribution is -0.127. The highest BCUT2D eigenvalue weighted by Gasteiger charge is 2.32. The van der Waals surface area contributed by atoms with E-state index in [9.17, 15) is 19.2 Å². The molecule has 0 saturated carbocycles. The summed E-state index contributed by atoms with van der Waals surface area (Å²) in [6.07, 6.45) is 3.56. The normalized spacial score (nSPS) is 17.4. The topological polar surface area (TPSA) is 144 Å². The Hall–Kier alpha value is -2.98. The van der Waals surface area contributed by atoms with Crippen LogP contribution in [0.2, 0.25) is 0 Å². The van der Waals surface area contributed by atoms with Crippen LogP contribution in [0.3, 0.4) is 0 Å². The van der Waals surface area contributed by atoms with Gasteiger partial charge >= 0.3 is 0 Å². The number of Topliss-reactive ketones (excluding diaryl/α,β-unsaturated/α-hetero) is 1. The Morgan fingerprint density at radius 3 is 2.68 bits per heavy atom. The SMILES string of the molecule is CC(C)SC(=O)[C@H](CCC(=O)C=N)NC(=O)[C@H](Cc1c[nH]c2ccccc12)NC1CCNC1=O. The van der Waals surface area contributed by atoms with E-state index in [0.29, 0.717) is 19.4 Å². The zero-order chi connectivity index (χ0) is 24.7. The minimum absolute atomic E-state index is 0.00951. The molecule has 182 valence electrons. The number of amides is 2. The van der Waals surface area contributed by atoms with E-state index in [-0.39, 0.29) is 29.1 Å². The quantitative estimate of drug-likeness (QED) is 0.290. The van der Waals surface area contributed by atoms with Crippen molar-refractivity contribution in [2.75, 3.05) is 6.54 Å². The van der Waals surface area contributed by atoms with Crippen LogP contribution in [0.4, 0.5) is 0 Å². The van der Waals surface area contributed by atoms with Crippen molar-refractivity contribution in [3.63, 3.8) is 0 Å². The Morgan fingerprint density at radius 1 is 1.24 bits per heavy atom. The summed E-state index contributed by atoms with van der Waals surface area (Å²) in [6.45, 7) is 4.30. The highest BCUT2D eigenvalue weighted by atomic mass is 32.2. The predicted octanol–water partition coefficient (Wildman–Crippen LogP) is 1.71. The number of fused-ring (bicyclic) bond motifs is 1. The second kappa shape index (κ2) is 11.9. The number of nitrogens with one attached hydrogen (secondary N) is 5. The molecule has 3 rings (SSSR count). The van der Waals surface area contributed by atoms with Crippen LogP contribution in [0, 0.1) is 5.41 Å². The molecule has 10 heteroatoms. The van der Waals surface area contributed by atoms with E-state index >= 15 is 0 Å². The molecule has 1 saturated heterocycles. The third-order valence-electron chi connectivity index (χ3n) is 5.66. The number of rotatable bonds is 12. The van der Waals surface area contributed by atoms with Crippen LogP contribution in [0.25, 0.3) is 10.9 Å². The third kappa shape index (κ3) is 6.77. The van der Waals surface area contributed by atoms with Crippen LogP contribution in [-0.4, -0.2) is 63.8 Å². The molecule has 5 N–H and O–H groups in total. The first-order valence-electron chi connectivity index (χ1n) is 11.4. The summed E-state index contributed by atoms with van der Waals surface area (Å²) in [5, 5.41) is 16.6. The molecule has 34 heavy (non-hydrogen) atoms. The predicted molar refractivity (Wildman–Crippen MR) is 133 cm³/mol. The number of hydrogen-bond acceptors (Lipinski definition) is 7. The molecule has 1 fully saturated rings. The average Bonchev–Trinajstić information content (AvgIpc) is 3.41. The minimum atomic E-state index is -0.867. The van der Waals surface area contributed by atoms with Crippen LogP contribution in [0.5, 0.6) is 0 Å². The van der Waals surface area contributed by atoms with Crippen molar-refractivity contribution in [2.45, 2.75) is 62.9 Å². The molecule has 1 aliphatic heterocycles. The lowest BCUT2D eigenvalue weighted by Crippen LogP contribution is -2.54. The van der Waals surface area contributed by atoms with E-state index in [2.05, 4.69) is 20.9 Å². The molecule has 1 aromatic heterocycles. The van der Waals surface area contributed by atoms with Gasteiger partial charge in [0.2, 0.25) is 16.9 Å². The van der Waals surface area contributed by atoms with Gasteiger partial charge in [-0.05, 0) is 30.9 Å². The zero-order valence-corrected chi connectivity index (χ0v) is 20.2. The number of carbonyl (C=O) groups excluding carboxylic acids is 4. The smallest absolute Gasteiger partial charge is 0.238 e. The Kier molecular flexibility index (Phi) is 9.00. The maximum atomic E-state index is 13.4. The number of hydrogen-bond donors (Lipinski definition) is 5. The van der Waals surface area contributed by atoms with Crippen LogP contribution >= 0.6 is 11.8 Å². The number of H-pyrrole nitrogens is 1. The maximum absolute atomic E-state index is 13.4. The van der Waals surface area contributed by atoms with Crippen molar-refractivity contribution >= 4 is 51.6 Å². The first-order valence-corrected chi connectivity index (χ1v) is 12.3. The van der Waals surface area contributed by atoms with Gasteiger partial charge in [0.05, 0.1) is 24.3 Å². The molecule has 0 bridgehead atoms. The summed E-state index contributed by atoms with van der Waals surface area (Å²) in [5.41, 5.74) is 1.86. The molecule has 2 amide bonds. The molecule has 3 atom stereocenters. The molecule has 2 heterocycles. The van der Waals surface area contributed by atoms with E-state index in [1.54, 1.807) is 0 Å². The monoisotopic (exact) mass is 485 g/mol. The van der Waals surface area contributed by atoms with E-state index in [4.69, 9.17) is 5.41 Å². The van der Waals surface area contributed by atoms with E-state index in [1.807, 2.05) is 44.3 Å². The highest BCUT2D eigenvalue weighted by molar-refractivity contribution is 8.14. The van der Waals surface area contributed by atoms with Gasteiger partial charge in [0.15, 0.2) is 5.78 Å². The fourth-order valence-corrected chi connectivity index (χ4v) is 4.74. The number of thioether (sulfide) groups is 1. The van der Waals surface area contributed by atoms with Crippen molar-refractivity contribution in [3.8, 4) is 0 Å². The summed E-state index contributed by atoms with van der Waals surface area (Å²) in [4.78, 5) is 53.2. The average molecular weight is 486 g/mol. The molecule has 1 unspecified atom stereocenters. The standard InChI is InChI=1S/C24H31N5O4S/c1-14(2)34-24(33)20(8-7-16(30)12-25)29-23(32)21(28-19-9-10-26-22(19)31)11-15-13-27-18-6-4-3-5-17(15)18/h3-6,12-14,19-21,25,27-28H,7-11H2,1-2H3,(H,26,31)(H,29,32)/t19?,20-,21-/m0/s1. The molecule has 1 aliphatic rings. The van der Waals surface area contributed by atoms with E-state index < -0.39 is 29.8 Å². The van der Waals surface area contributed by atoms with Crippen molar-refractivity contribution in [3.05, 3.63) is 36.0 Å². The number of para-hydroxylation sites is 1. The molecule has 9 nitrogen and oxygen atoms in total. The highest BCUT2D eigenvalue weighted by Crippen LogP contribution is 2.20. The lowest BCUT2D eigenvalue weighted by atomic mass is 10.0. The van der Waals surface area contributed by atoms with Gasteiger partial charge in [0.1, 0.15) is 0 Å². The number of aromatic nitrogens is 1. The van der Waals surface area contributed by atoms with Gasteiger partial charge in [-0.25, -0.2) is 0 Å². The van der Waals surface area contributed by atoms with Gasteiger partial charge in [-0.1, -0.05) is 43.8 Å². The summed E-state index contributed by atoms with van der Waals surface area (Å²) in [5.74, 6) is -0.969. The minimum Gasteiger partial charge on any atom is -0.361 e. The van der Waals surface area contributed by atoms with Crippen molar-refractivity contribution in [1.29, 1.82) is 5.41 Å². The number of aromatic amines is 1. The van der Waals surface area contributed by atoms with Gasteiger partial charge in [-0.15, -0.1) is 0 Å². The van der Waals surface area contributed by atoms with Gasteiger partial charge < -0.3 is 21.0 Å². The van der Waals surface area contributed by atoms with Crippen LogP contribution in [0.15, 0.2) is 30.5 Å². The summed E-state index contributed by atoms with van der Waals surface area (Å²) >= 11 is 1.10. The molecule has 1 aromatic carbocycles. The summed E-state index contributed by atoms with van der Waals surface area (Å²) in [6, 6.07) is 5.63. The largest absolute Gasteiger partial charge is 0.361 e. The van der Waals surface area contributed by atoms with Crippen LogP contribution in [-0.2, 0) is 25.6 Å². The fraction of sp³-hybridized carbons (Fsp3) is 0.458. The number of carbonyl (C=O) groups is 4.